The number of anilines is 1. The molecule has 8 heteroatoms. The number of rotatable bonds is 4. The van der Waals surface area contributed by atoms with Gasteiger partial charge in [0.25, 0.3) is 0 Å². The fourth-order valence-corrected chi connectivity index (χ4v) is 5.51. The molecule has 2 aromatic rings. The number of likely N-dealkylation sites (N-methyl/N-ethyl adjacent to an activating group) is 1. The van der Waals surface area contributed by atoms with Gasteiger partial charge in [0.05, 0.1) is 21.6 Å². The third-order valence-corrected chi connectivity index (χ3v) is 7.10. The molecule has 2 fully saturated rings. The highest BCUT2D eigenvalue weighted by atomic mass is 35.5. The monoisotopic (exact) mass is 431 g/mol. The van der Waals surface area contributed by atoms with Crippen molar-refractivity contribution in [2.75, 3.05) is 25.0 Å². The highest BCUT2D eigenvalue weighted by molar-refractivity contribution is 6.38. The summed E-state index contributed by atoms with van der Waals surface area (Å²) in [7, 11) is 1.93. The van der Waals surface area contributed by atoms with Crippen molar-refractivity contribution in [3.8, 4) is 0 Å². The number of fused-ring (bicyclic) bond motifs is 2. The zero-order valence-corrected chi connectivity index (χ0v) is 17.3. The first-order chi connectivity index (χ1) is 14.4. The predicted octanol–water partition coefficient (Wildman–Crippen LogP) is 3.43. The van der Waals surface area contributed by atoms with Crippen molar-refractivity contribution in [2.24, 2.45) is 11.8 Å². The summed E-state index contributed by atoms with van der Waals surface area (Å²) in [4.78, 5) is 26.3. The molecule has 1 saturated carbocycles. The van der Waals surface area contributed by atoms with Gasteiger partial charge in [-0.25, -0.2) is 9.18 Å². The topological polar surface area (TPSA) is 74.6 Å². The Morgan fingerprint density at radius 1 is 1.33 bits per heavy atom. The molecule has 1 aromatic heterocycles. The van der Waals surface area contributed by atoms with Crippen LogP contribution in [-0.2, 0) is 0 Å². The number of nitrogens with zero attached hydrogens (tertiary/aromatic N) is 2. The third-order valence-electron chi connectivity index (χ3n) is 6.74. The second-order valence-corrected chi connectivity index (χ2v) is 8.92. The number of halogens is 2. The van der Waals surface area contributed by atoms with E-state index < -0.39 is 17.2 Å². The molecule has 1 aromatic carbocycles. The smallest absolute Gasteiger partial charge is 0.341 e. The Morgan fingerprint density at radius 3 is 2.77 bits per heavy atom. The van der Waals surface area contributed by atoms with Gasteiger partial charge in [0.15, 0.2) is 0 Å². The van der Waals surface area contributed by atoms with Crippen molar-refractivity contribution < 1.29 is 14.3 Å². The van der Waals surface area contributed by atoms with Gasteiger partial charge in [-0.05, 0) is 38.3 Å². The van der Waals surface area contributed by atoms with Crippen molar-refractivity contribution in [1.82, 2.24) is 9.88 Å². The lowest BCUT2D eigenvalue weighted by molar-refractivity contribution is 0.0695. The minimum absolute atomic E-state index is 0.0273. The zero-order chi connectivity index (χ0) is 21.2. The van der Waals surface area contributed by atoms with E-state index in [9.17, 15) is 14.7 Å². The summed E-state index contributed by atoms with van der Waals surface area (Å²) in [6.07, 6.45) is 8.40. The normalized spacial score (nSPS) is 25.7. The Bertz CT molecular complexity index is 1140. The third kappa shape index (κ3) is 2.94. The van der Waals surface area contributed by atoms with Crippen LogP contribution in [0.2, 0.25) is 5.02 Å². The molecule has 1 aliphatic heterocycles. The second kappa shape index (κ2) is 7.10. The molecule has 0 radical (unpaired) electrons. The SMILES string of the molecule is CNC1C=CCC2CN(c3c(F)cc4c(=O)c(C(=O)O)cn(C5CC5)c4c3Cl)CC21. The number of hydrogen-bond donors (Lipinski definition) is 2. The van der Waals surface area contributed by atoms with E-state index in [1.54, 1.807) is 4.57 Å². The Kier molecular flexibility index (Phi) is 4.63. The number of pyridine rings is 1. The summed E-state index contributed by atoms with van der Waals surface area (Å²) in [6.45, 7) is 1.36. The molecule has 1 saturated heterocycles. The Hall–Kier alpha value is -2.38. The summed E-state index contributed by atoms with van der Waals surface area (Å²) < 4.78 is 17.1. The quantitative estimate of drug-likeness (QED) is 0.725. The number of aromatic carboxylic acids is 1. The van der Waals surface area contributed by atoms with Crippen LogP contribution in [0.25, 0.3) is 10.9 Å². The van der Waals surface area contributed by atoms with Gasteiger partial charge in [0.1, 0.15) is 11.4 Å². The largest absolute Gasteiger partial charge is 0.477 e. The van der Waals surface area contributed by atoms with E-state index in [4.69, 9.17) is 11.6 Å². The standard InChI is InChI=1S/C22H23ClFN3O3/c1-25-17-4-2-3-11-8-26(9-14(11)17)20-16(24)7-13-19(18(20)23)27(12-5-6-12)10-15(21(13)28)22(29)30/h2,4,7,10-12,14,17,25H,3,5-6,8-9H2,1H3,(H,29,30). The van der Waals surface area contributed by atoms with Crippen LogP contribution in [0.1, 0.15) is 35.7 Å². The van der Waals surface area contributed by atoms with Gasteiger partial charge >= 0.3 is 5.97 Å². The molecular weight excluding hydrogens is 409 g/mol. The van der Waals surface area contributed by atoms with Gasteiger partial charge in [-0.2, -0.15) is 0 Å². The van der Waals surface area contributed by atoms with Crippen molar-refractivity contribution in [3.63, 3.8) is 0 Å². The number of carbonyl (C=O) groups is 1. The number of hydrogen-bond acceptors (Lipinski definition) is 4. The van der Waals surface area contributed by atoms with Crippen molar-refractivity contribution in [3.05, 3.63) is 51.0 Å². The van der Waals surface area contributed by atoms with E-state index in [1.165, 1.54) is 12.3 Å². The van der Waals surface area contributed by atoms with Gasteiger partial charge in [-0.3, -0.25) is 4.79 Å². The molecule has 3 unspecified atom stereocenters. The molecule has 0 spiro atoms. The first-order valence-corrected chi connectivity index (χ1v) is 10.7. The van der Waals surface area contributed by atoms with E-state index in [-0.39, 0.29) is 28.1 Å². The zero-order valence-electron chi connectivity index (χ0n) is 16.6. The number of allylic oxidation sites excluding steroid dienone is 1. The maximum absolute atomic E-state index is 15.3. The van der Waals surface area contributed by atoms with Crippen molar-refractivity contribution in [1.29, 1.82) is 0 Å². The second-order valence-electron chi connectivity index (χ2n) is 8.54. The molecule has 0 bridgehead atoms. The van der Waals surface area contributed by atoms with Crippen molar-refractivity contribution in [2.45, 2.75) is 31.3 Å². The fourth-order valence-electron chi connectivity index (χ4n) is 5.10. The van der Waals surface area contributed by atoms with Crippen LogP contribution in [-0.4, -0.2) is 41.8 Å². The first kappa shape index (κ1) is 19.6. The molecule has 2 heterocycles. The number of carboxylic acid groups (broad SMARTS) is 1. The minimum Gasteiger partial charge on any atom is -0.477 e. The average molecular weight is 432 g/mol. The molecule has 2 N–H and O–H groups in total. The van der Waals surface area contributed by atoms with Gasteiger partial charge in [0.2, 0.25) is 5.43 Å². The summed E-state index contributed by atoms with van der Waals surface area (Å²) in [5.74, 6) is -1.14. The molecule has 30 heavy (non-hydrogen) atoms. The van der Waals surface area contributed by atoms with Crippen LogP contribution < -0.4 is 15.6 Å². The molecule has 6 nitrogen and oxygen atoms in total. The van der Waals surface area contributed by atoms with Gasteiger partial charge in [-0.15, -0.1) is 0 Å². The molecule has 158 valence electrons. The minimum atomic E-state index is -1.31. The van der Waals surface area contributed by atoms with Crippen LogP contribution in [0, 0.1) is 17.7 Å². The summed E-state index contributed by atoms with van der Waals surface area (Å²) >= 11 is 6.76. The molecule has 3 aliphatic rings. The highest BCUT2D eigenvalue weighted by Gasteiger charge is 2.40. The van der Waals surface area contributed by atoms with E-state index in [0.29, 0.717) is 36.1 Å². The van der Waals surface area contributed by atoms with Crippen LogP contribution in [0.4, 0.5) is 10.1 Å². The lowest BCUT2D eigenvalue weighted by Crippen LogP contribution is -2.38. The molecular formula is C22H23ClFN3O3. The van der Waals surface area contributed by atoms with Gasteiger partial charge < -0.3 is 19.9 Å². The highest BCUT2D eigenvalue weighted by Crippen LogP contribution is 2.44. The first-order valence-electron chi connectivity index (χ1n) is 10.3. The predicted molar refractivity (Wildman–Crippen MR) is 114 cm³/mol. The van der Waals surface area contributed by atoms with Crippen LogP contribution in [0.5, 0.6) is 0 Å². The Morgan fingerprint density at radius 2 is 2.10 bits per heavy atom. The van der Waals surface area contributed by atoms with E-state index in [2.05, 4.69) is 17.5 Å². The number of nitrogens with one attached hydrogen (secondary N) is 1. The molecule has 5 rings (SSSR count). The van der Waals surface area contributed by atoms with Crippen molar-refractivity contribution >= 4 is 34.2 Å². The van der Waals surface area contributed by atoms with Crippen LogP contribution >= 0.6 is 11.6 Å². The maximum Gasteiger partial charge on any atom is 0.341 e. The summed E-state index contributed by atoms with van der Waals surface area (Å²) in [5.41, 5.74) is -0.307. The molecule has 0 amide bonds. The van der Waals surface area contributed by atoms with Crippen LogP contribution in [0.3, 0.4) is 0 Å². The summed E-state index contributed by atoms with van der Waals surface area (Å²) in [5, 5.41) is 13.0. The van der Waals surface area contributed by atoms with Gasteiger partial charge in [-0.1, -0.05) is 23.8 Å². The summed E-state index contributed by atoms with van der Waals surface area (Å²) in [6, 6.07) is 1.49. The lowest BCUT2D eigenvalue weighted by atomic mass is 9.82. The number of benzene rings is 1. The Balaban J connectivity index is 1.66. The lowest BCUT2D eigenvalue weighted by Gasteiger charge is -2.28. The van der Waals surface area contributed by atoms with E-state index >= 15 is 4.39 Å². The van der Waals surface area contributed by atoms with E-state index in [0.717, 1.165) is 19.3 Å². The molecule has 2 aliphatic carbocycles. The average Bonchev–Trinajstić information content (AvgIpc) is 3.46. The number of aromatic nitrogens is 1. The van der Waals surface area contributed by atoms with Gasteiger partial charge in [0, 0.05) is 37.3 Å². The van der Waals surface area contributed by atoms with E-state index in [1.807, 2.05) is 11.9 Å². The maximum atomic E-state index is 15.3. The molecule has 3 atom stereocenters. The Labute approximate surface area is 177 Å². The fraction of sp³-hybridized carbons (Fsp3) is 0.455. The number of carboxylic acids is 1. The van der Waals surface area contributed by atoms with Crippen LogP contribution in [0.15, 0.2) is 29.2 Å².